The van der Waals surface area contributed by atoms with Crippen LogP contribution < -0.4 is 4.90 Å². The van der Waals surface area contributed by atoms with Crippen molar-refractivity contribution >= 4 is 81.7 Å². The van der Waals surface area contributed by atoms with Crippen molar-refractivity contribution < 1.29 is 0 Å². The normalized spacial score (nSPS) is 12.5. The zero-order chi connectivity index (χ0) is 28.9. The summed E-state index contributed by atoms with van der Waals surface area (Å²) in [5.41, 5.74) is 5.01. The molecule has 9 aromatic carbocycles. The highest BCUT2D eigenvalue weighted by Gasteiger charge is 2.22. The number of nitrogens with zero attached hydrogens (tertiary/aromatic N) is 1. The Morgan fingerprint density at radius 3 is 1.40 bits per heavy atom. The summed E-state index contributed by atoms with van der Waals surface area (Å²) in [6.45, 7) is 6.89. The van der Waals surface area contributed by atoms with E-state index >= 15 is 0 Å². The minimum Gasteiger partial charge on any atom is -0.309 e. The Balaban J connectivity index is 1.38. The Bertz CT molecular complexity index is 2450. The minimum absolute atomic E-state index is 0.0920. The highest BCUT2D eigenvalue weighted by atomic mass is 15.1. The molecule has 43 heavy (non-hydrogen) atoms. The second-order valence-electron chi connectivity index (χ2n) is 13.0. The van der Waals surface area contributed by atoms with Gasteiger partial charge in [-0.15, -0.1) is 0 Å². The molecule has 0 atom stereocenters. The fourth-order valence-corrected chi connectivity index (χ4v) is 7.33. The van der Waals surface area contributed by atoms with Gasteiger partial charge in [-0.25, -0.2) is 0 Å². The standard InChI is InChI=1S/C42H31N/c1-42(2,3)32-24-30-15-14-29-19-23-37(35-21-17-31(25-32)39(30)41(29)35)43(33-10-5-4-6-11-33)36-22-18-28-13-12-26-8-7-9-27-16-20-34(36)40(28)38(26)27/h4-25H,1-3H3. The Morgan fingerprint density at radius 1 is 0.395 bits per heavy atom. The molecular weight excluding hydrogens is 518 g/mol. The maximum atomic E-state index is 2.47. The van der Waals surface area contributed by atoms with Crippen LogP contribution in [0.2, 0.25) is 0 Å². The fourth-order valence-electron chi connectivity index (χ4n) is 7.33. The molecule has 0 aliphatic heterocycles. The number of hydrogen-bond donors (Lipinski definition) is 0. The Hall–Kier alpha value is -5.14. The molecule has 9 aromatic rings. The summed E-state index contributed by atoms with van der Waals surface area (Å²) in [6.07, 6.45) is 0. The summed E-state index contributed by atoms with van der Waals surface area (Å²) in [5.74, 6) is 0. The molecule has 0 saturated heterocycles. The van der Waals surface area contributed by atoms with Gasteiger partial charge >= 0.3 is 0 Å². The lowest BCUT2D eigenvalue weighted by Crippen LogP contribution is -2.12. The van der Waals surface area contributed by atoms with Gasteiger partial charge in [0.1, 0.15) is 0 Å². The molecule has 0 aromatic heterocycles. The smallest absolute Gasteiger partial charge is 0.0540 e. The maximum Gasteiger partial charge on any atom is 0.0540 e. The van der Waals surface area contributed by atoms with Crippen LogP contribution in [0.4, 0.5) is 17.1 Å². The van der Waals surface area contributed by atoms with Gasteiger partial charge in [0.25, 0.3) is 0 Å². The fraction of sp³-hybridized carbons (Fsp3) is 0.0952. The number of anilines is 3. The minimum atomic E-state index is 0.0920. The van der Waals surface area contributed by atoms with Crippen molar-refractivity contribution in [1.29, 1.82) is 0 Å². The van der Waals surface area contributed by atoms with Gasteiger partial charge in [-0.1, -0.05) is 130 Å². The van der Waals surface area contributed by atoms with Gasteiger partial charge in [0.15, 0.2) is 0 Å². The first-order chi connectivity index (χ1) is 21.0. The number of hydrogen-bond acceptors (Lipinski definition) is 1. The van der Waals surface area contributed by atoms with Crippen molar-refractivity contribution in [1.82, 2.24) is 0 Å². The summed E-state index contributed by atoms with van der Waals surface area (Å²) in [5, 5.41) is 15.7. The molecule has 204 valence electrons. The van der Waals surface area contributed by atoms with Crippen molar-refractivity contribution in [3.63, 3.8) is 0 Å². The molecular formula is C42H31N. The molecule has 0 heterocycles. The number of para-hydroxylation sites is 1. The quantitative estimate of drug-likeness (QED) is 0.198. The predicted octanol–water partition coefficient (Wildman–Crippen LogP) is 12.2. The molecule has 1 heteroatoms. The zero-order valence-electron chi connectivity index (χ0n) is 24.6. The van der Waals surface area contributed by atoms with Crippen molar-refractivity contribution in [3.05, 3.63) is 139 Å². The molecule has 0 aliphatic rings. The summed E-state index contributed by atoms with van der Waals surface area (Å²) in [7, 11) is 0. The Morgan fingerprint density at radius 2 is 0.837 bits per heavy atom. The lowest BCUT2D eigenvalue weighted by Gasteiger charge is -2.29. The van der Waals surface area contributed by atoms with Crippen LogP contribution in [0.3, 0.4) is 0 Å². The average Bonchev–Trinajstić information content (AvgIpc) is 3.03. The van der Waals surface area contributed by atoms with Crippen LogP contribution in [0.5, 0.6) is 0 Å². The van der Waals surface area contributed by atoms with Gasteiger partial charge in [0.2, 0.25) is 0 Å². The first-order valence-electron chi connectivity index (χ1n) is 15.2. The number of benzene rings is 9. The van der Waals surface area contributed by atoms with Gasteiger partial charge in [-0.3, -0.25) is 0 Å². The summed E-state index contributed by atoms with van der Waals surface area (Å²) < 4.78 is 0. The average molecular weight is 550 g/mol. The molecule has 0 N–H and O–H groups in total. The van der Waals surface area contributed by atoms with E-state index in [-0.39, 0.29) is 5.41 Å². The van der Waals surface area contributed by atoms with Crippen LogP contribution in [0.1, 0.15) is 26.3 Å². The van der Waals surface area contributed by atoms with Gasteiger partial charge in [0.05, 0.1) is 11.4 Å². The molecule has 0 amide bonds. The topological polar surface area (TPSA) is 3.24 Å². The van der Waals surface area contributed by atoms with Crippen molar-refractivity contribution in [2.24, 2.45) is 0 Å². The summed E-state index contributed by atoms with van der Waals surface area (Å²) >= 11 is 0. The van der Waals surface area contributed by atoms with E-state index in [0.717, 1.165) is 5.69 Å². The molecule has 0 aliphatic carbocycles. The van der Waals surface area contributed by atoms with Gasteiger partial charge < -0.3 is 4.90 Å². The van der Waals surface area contributed by atoms with Gasteiger partial charge in [-0.05, 0) is 89.1 Å². The Labute approximate surface area is 251 Å². The van der Waals surface area contributed by atoms with Crippen LogP contribution in [0.15, 0.2) is 133 Å². The van der Waals surface area contributed by atoms with Crippen LogP contribution in [0.25, 0.3) is 64.6 Å². The predicted molar refractivity (Wildman–Crippen MR) is 187 cm³/mol. The third-order valence-corrected chi connectivity index (χ3v) is 9.44. The lowest BCUT2D eigenvalue weighted by atomic mass is 9.83. The largest absolute Gasteiger partial charge is 0.309 e. The first kappa shape index (κ1) is 24.5. The molecule has 1 nitrogen and oxygen atoms in total. The van der Waals surface area contributed by atoms with Gasteiger partial charge in [0, 0.05) is 16.5 Å². The van der Waals surface area contributed by atoms with E-state index in [2.05, 4.69) is 159 Å². The van der Waals surface area contributed by atoms with Crippen molar-refractivity contribution in [2.75, 3.05) is 4.90 Å². The van der Waals surface area contributed by atoms with Gasteiger partial charge in [-0.2, -0.15) is 0 Å². The van der Waals surface area contributed by atoms with E-state index < -0.39 is 0 Å². The summed E-state index contributed by atoms with van der Waals surface area (Å²) in [6, 6.07) is 49.9. The van der Waals surface area contributed by atoms with Crippen LogP contribution >= 0.6 is 0 Å². The van der Waals surface area contributed by atoms with Crippen LogP contribution in [0, 0.1) is 0 Å². The SMILES string of the molecule is CC(C)(C)c1cc2ccc3ccc(N(c4ccccc4)c4ccc5ccc6cccc7ccc4c5c67)c4ccc(c1)c2c34. The lowest BCUT2D eigenvalue weighted by molar-refractivity contribution is 0.591. The van der Waals surface area contributed by atoms with Crippen molar-refractivity contribution in [2.45, 2.75) is 26.2 Å². The molecule has 0 unspecified atom stereocenters. The Kier molecular flexibility index (Phi) is 4.94. The van der Waals surface area contributed by atoms with Crippen molar-refractivity contribution in [3.8, 4) is 0 Å². The van der Waals surface area contributed by atoms with E-state index in [4.69, 9.17) is 0 Å². The molecule has 0 saturated carbocycles. The second-order valence-corrected chi connectivity index (χ2v) is 13.0. The van der Waals surface area contributed by atoms with E-state index in [0.29, 0.717) is 0 Å². The van der Waals surface area contributed by atoms with E-state index in [1.807, 2.05) is 0 Å². The second kappa shape index (κ2) is 8.69. The first-order valence-corrected chi connectivity index (χ1v) is 15.2. The van der Waals surface area contributed by atoms with E-state index in [1.54, 1.807) is 0 Å². The van der Waals surface area contributed by atoms with Crippen LogP contribution in [-0.4, -0.2) is 0 Å². The highest BCUT2D eigenvalue weighted by molar-refractivity contribution is 6.28. The summed E-state index contributed by atoms with van der Waals surface area (Å²) in [4.78, 5) is 2.47. The maximum absolute atomic E-state index is 2.47. The molecule has 0 radical (unpaired) electrons. The highest BCUT2D eigenvalue weighted by Crippen LogP contribution is 2.47. The molecule has 0 spiro atoms. The zero-order valence-corrected chi connectivity index (χ0v) is 24.6. The van der Waals surface area contributed by atoms with E-state index in [9.17, 15) is 0 Å². The third-order valence-electron chi connectivity index (χ3n) is 9.44. The molecule has 9 rings (SSSR count). The molecule has 0 fully saturated rings. The number of rotatable bonds is 3. The third kappa shape index (κ3) is 3.52. The van der Waals surface area contributed by atoms with Crippen LogP contribution in [-0.2, 0) is 5.41 Å². The molecule has 0 bridgehead atoms. The monoisotopic (exact) mass is 549 g/mol. The van der Waals surface area contributed by atoms with E-state index in [1.165, 1.54) is 81.6 Å².